The quantitative estimate of drug-likeness (QED) is 0.0612. The number of ether oxygens (including phenoxy) is 6. The molecule has 0 saturated heterocycles. The smallest absolute Gasteiger partial charge is 0.238 e. The van der Waals surface area contributed by atoms with Crippen LogP contribution in [0.5, 0.6) is 0 Å². The fourth-order valence-electron chi connectivity index (χ4n) is 7.39. The lowest BCUT2D eigenvalue weighted by Crippen LogP contribution is -2.15. The van der Waals surface area contributed by atoms with E-state index in [1.807, 2.05) is 70.1 Å². The van der Waals surface area contributed by atoms with Crippen LogP contribution in [0.25, 0.3) is 0 Å². The fraction of sp³-hybridized carbons (Fsp3) is 0.714. The largest absolute Gasteiger partial charge is 0.376 e. The van der Waals surface area contributed by atoms with Crippen LogP contribution in [0, 0.1) is 35.5 Å². The molecule has 0 N–H and O–H groups in total. The SMILES string of the molecule is C.CCC(C)COCc1cc(C(C)(C)C)cc(COCC(C)C)c1S(F)(F)F.CCC(C)COCc1cc(C(C)(C)C)cc(COCC(C)C)c1SSc1c(COCC(C)C)cc(C(C)(C)C)cc1COCC(C)C. The van der Waals surface area contributed by atoms with Crippen molar-refractivity contribution in [3.63, 3.8) is 0 Å². The third-order valence-corrected chi connectivity index (χ3v) is 16.0. The molecule has 0 spiro atoms. The Morgan fingerprint density at radius 1 is 0.387 bits per heavy atom. The molecule has 0 radical (unpaired) electrons. The molecule has 434 valence electrons. The average Bonchev–Trinajstić information content (AvgIpc) is 3.27. The second-order valence-corrected chi connectivity index (χ2v) is 28.8. The Kier molecular flexibility index (Phi) is 32.1. The second kappa shape index (κ2) is 33.8. The van der Waals surface area contributed by atoms with Crippen molar-refractivity contribution < 1.29 is 40.1 Å². The van der Waals surface area contributed by atoms with Gasteiger partial charge in [-0.05, 0) is 102 Å². The highest BCUT2D eigenvalue weighted by Gasteiger charge is 2.33. The Morgan fingerprint density at radius 3 is 0.800 bits per heavy atom. The minimum Gasteiger partial charge on any atom is -0.376 e. The highest BCUT2D eigenvalue weighted by atomic mass is 33.1. The maximum atomic E-state index is 13.9. The van der Waals surface area contributed by atoms with Crippen molar-refractivity contribution in [1.29, 1.82) is 0 Å². The molecule has 2 atom stereocenters. The lowest BCUT2D eigenvalue weighted by atomic mass is 9.85. The van der Waals surface area contributed by atoms with Gasteiger partial charge in [-0.25, -0.2) is 0 Å². The molecule has 0 aromatic heterocycles. The second-order valence-electron chi connectivity index (χ2n) is 25.4. The number of rotatable bonds is 30. The standard InChI is InChI=1S/C41H68O4S2.C21H35F3O2S.CH4/c1-15-31(8)23-45-27-35-19-37(41(12,13)14)18-34(26-44-22-30(6)7)39(35)47-46-38-32(24-42-20-28(2)3)16-36(40(9,10)11)17-33(38)25-43-21-29(4)5;1-8-16(4)12-26-14-18-10-19(21(5,6)7)9-17(13-25-11-15(2)3)20(18)27(22,23)24;/h16-19,28-31H,15,20-27H2,1-14H3;9-10,15-16H,8,11-14H2,1-7H3;1H4. The molecule has 0 heterocycles. The fourth-order valence-corrected chi connectivity index (χ4v) is 11.1. The lowest BCUT2D eigenvalue weighted by Gasteiger charge is -2.26. The maximum Gasteiger partial charge on any atom is 0.238 e. The maximum absolute atomic E-state index is 13.9. The lowest BCUT2D eigenvalue weighted by molar-refractivity contribution is 0.0866. The van der Waals surface area contributed by atoms with E-state index in [4.69, 9.17) is 28.4 Å². The van der Waals surface area contributed by atoms with Gasteiger partial charge in [0, 0.05) is 49.4 Å². The summed E-state index contributed by atoms with van der Waals surface area (Å²) in [6, 6.07) is 12.8. The summed E-state index contributed by atoms with van der Waals surface area (Å²) in [6.45, 7) is 51.7. The van der Waals surface area contributed by atoms with Crippen LogP contribution >= 0.6 is 32.8 Å². The van der Waals surface area contributed by atoms with Crippen LogP contribution in [0.2, 0.25) is 0 Å². The molecule has 0 saturated carbocycles. The van der Waals surface area contributed by atoms with E-state index >= 15 is 0 Å². The summed E-state index contributed by atoms with van der Waals surface area (Å²) in [5.74, 6) is 2.57. The molecule has 2 unspecified atom stereocenters. The highest BCUT2D eigenvalue weighted by molar-refractivity contribution is 8.76. The molecule has 6 nitrogen and oxygen atoms in total. The van der Waals surface area contributed by atoms with Crippen molar-refractivity contribution in [2.24, 2.45) is 35.5 Å². The predicted octanol–water partition coefficient (Wildman–Crippen LogP) is 20.3. The highest BCUT2D eigenvalue weighted by Crippen LogP contribution is 2.63. The summed E-state index contributed by atoms with van der Waals surface area (Å²) in [6.07, 6.45) is 2.05. The summed E-state index contributed by atoms with van der Waals surface area (Å²) in [5.41, 5.74) is 8.68. The van der Waals surface area contributed by atoms with E-state index < -0.39 is 16.1 Å². The van der Waals surface area contributed by atoms with Gasteiger partial charge in [0.1, 0.15) is 0 Å². The molecular formula is C63H107F3O6S3. The van der Waals surface area contributed by atoms with Crippen molar-refractivity contribution >= 4 is 32.8 Å². The van der Waals surface area contributed by atoms with Gasteiger partial charge in [0.2, 0.25) is 11.2 Å². The summed E-state index contributed by atoms with van der Waals surface area (Å²) in [5, 5.41) is 0. The Balaban J connectivity index is 0.000000854. The summed E-state index contributed by atoms with van der Waals surface area (Å²) < 4.78 is 78.3. The summed E-state index contributed by atoms with van der Waals surface area (Å²) >= 11 is -5.39. The van der Waals surface area contributed by atoms with Gasteiger partial charge in [0.15, 0.2) is 0 Å². The van der Waals surface area contributed by atoms with E-state index in [0.717, 1.165) is 44.8 Å². The Morgan fingerprint density at radius 2 is 0.600 bits per heavy atom. The van der Waals surface area contributed by atoms with Crippen LogP contribution in [-0.2, 0) is 84.3 Å². The van der Waals surface area contributed by atoms with Crippen LogP contribution in [0.15, 0.2) is 51.1 Å². The normalized spacial score (nSPS) is 13.7. The van der Waals surface area contributed by atoms with Crippen LogP contribution < -0.4 is 0 Å². The van der Waals surface area contributed by atoms with Gasteiger partial charge in [-0.3, -0.25) is 0 Å². The molecule has 0 amide bonds. The van der Waals surface area contributed by atoms with Crippen LogP contribution in [0.3, 0.4) is 0 Å². The van der Waals surface area contributed by atoms with Gasteiger partial charge in [-0.15, -0.1) is 11.7 Å². The third-order valence-electron chi connectivity index (χ3n) is 12.3. The molecule has 12 heteroatoms. The summed E-state index contributed by atoms with van der Waals surface area (Å²) in [7, 11) is 3.67. The van der Waals surface area contributed by atoms with Crippen LogP contribution in [0.1, 0.15) is 216 Å². The molecule has 0 fully saturated rings. The Bertz CT molecular complexity index is 2050. The van der Waals surface area contributed by atoms with Crippen molar-refractivity contribution in [3.05, 3.63) is 86.5 Å². The number of halogens is 3. The molecule has 3 rings (SSSR count). The molecule has 0 bridgehead atoms. The molecule has 3 aromatic rings. The number of hydrogen-bond donors (Lipinski definition) is 0. The van der Waals surface area contributed by atoms with Crippen molar-refractivity contribution in [2.75, 3.05) is 39.6 Å². The van der Waals surface area contributed by atoms with E-state index in [9.17, 15) is 11.7 Å². The van der Waals surface area contributed by atoms with Gasteiger partial charge >= 0.3 is 0 Å². The minimum atomic E-state index is -5.39. The van der Waals surface area contributed by atoms with E-state index in [-0.39, 0.29) is 53.9 Å². The average molecular weight is 1110 g/mol. The van der Waals surface area contributed by atoms with Crippen LogP contribution in [0.4, 0.5) is 11.7 Å². The molecule has 0 aliphatic heterocycles. The third kappa shape index (κ3) is 26.9. The van der Waals surface area contributed by atoms with E-state index in [1.54, 1.807) is 12.1 Å². The molecule has 0 aliphatic carbocycles. The Hall–Kier alpha value is -1.74. The first-order chi connectivity index (χ1) is 34.3. The topological polar surface area (TPSA) is 55.4 Å². The number of hydrogen-bond acceptors (Lipinski definition) is 8. The minimum absolute atomic E-state index is 0. The van der Waals surface area contributed by atoms with Crippen molar-refractivity contribution in [1.82, 2.24) is 0 Å². The van der Waals surface area contributed by atoms with Gasteiger partial charge in [0.25, 0.3) is 0 Å². The van der Waals surface area contributed by atoms with Crippen LogP contribution in [-0.4, -0.2) is 39.6 Å². The van der Waals surface area contributed by atoms with Gasteiger partial charge in [0.05, 0.1) is 44.5 Å². The zero-order valence-corrected chi connectivity index (χ0v) is 52.6. The molecule has 3 aromatic carbocycles. The first-order valence-corrected chi connectivity index (χ1v) is 31.0. The predicted molar refractivity (Wildman–Crippen MR) is 319 cm³/mol. The molecule has 0 aliphatic rings. The van der Waals surface area contributed by atoms with Gasteiger partial charge < -0.3 is 28.4 Å². The van der Waals surface area contributed by atoms with E-state index in [1.165, 1.54) is 43.2 Å². The first kappa shape index (κ1) is 71.3. The molecular weight excluding hydrogens is 1010 g/mol. The van der Waals surface area contributed by atoms with Crippen molar-refractivity contribution in [2.45, 2.75) is 236 Å². The monoisotopic (exact) mass is 1110 g/mol. The Labute approximate surface area is 468 Å². The van der Waals surface area contributed by atoms with Crippen molar-refractivity contribution in [3.8, 4) is 0 Å². The first-order valence-electron chi connectivity index (χ1n) is 27.5. The zero-order chi connectivity index (χ0) is 56.2. The summed E-state index contributed by atoms with van der Waals surface area (Å²) in [4.78, 5) is 1.97. The zero-order valence-electron chi connectivity index (χ0n) is 50.1. The molecule has 75 heavy (non-hydrogen) atoms. The van der Waals surface area contributed by atoms with Gasteiger partial charge in [-0.1, -0.05) is 224 Å². The van der Waals surface area contributed by atoms with Gasteiger partial charge in [-0.2, -0.15) is 0 Å². The van der Waals surface area contributed by atoms with E-state index in [0.29, 0.717) is 69.2 Å². The number of benzene rings is 3. The van der Waals surface area contributed by atoms with E-state index in [2.05, 4.69) is 121 Å².